The van der Waals surface area contributed by atoms with E-state index in [4.69, 9.17) is 0 Å². The summed E-state index contributed by atoms with van der Waals surface area (Å²) in [7, 11) is 0. The van der Waals surface area contributed by atoms with E-state index in [9.17, 15) is 19.2 Å². The molecule has 24 heavy (non-hydrogen) atoms. The summed E-state index contributed by atoms with van der Waals surface area (Å²) < 4.78 is 0. The molecule has 7 nitrogen and oxygen atoms in total. The zero-order valence-corrected chi connectivity index (χ0v) is 14.1. The van der Waals surface area contributed by atoms with Crippen molar-refractivity contribution in [3.05, 3.63) is 35.9 Å². The first-order valence-corrected chi connectivity index (χ1v) is 7.87. The molecule has 1 aromatic rings. The number of rotatable bonds is 6. The smallest absolute Gasteiger partial charge is 0.334 e. The van der Waals surface area contributed by atoms with Gasteiger partial charge in [-0.1, -0.05) is 30.3 Å². The zero-order chi connectivity index (χ0) is 17.9. The van der Waals surface area contributed by atoms with Crippen molar-refractivity contribution in [1.82, 2.24) is 14.7 Å². The van der Waals surface area contributed by atoms with E-state index < -0.39 is 30.4 Å². The van der Waals surface area contributed by atoms with Gasteiger partial charge >= 0.3 is 17.8 Å². The Hall–Kier alpha value is -2.70. The van der Waals surface area contributed by atoms with Gasteiger partial charge in [-0.15, -0.1) is 0 Å². The highest BCUT2D eigenvalue weighted by Gasteiger charge is 2.46. The van der Waals surface area contributed by atoms with Crippen molar-refractivity contribution in [3.63, 3.8) is 0 Å². The summed E-state index contributed by atoms with van der Waals surface area (Å²) in [5.74, 6) is -2.20. The van der Waals surface area contributed by atoms with Crippen LogP contribution in [0.2, 0.25) is 0 Å². The number of amides is 5. The Labute approximate surface area is 140 Å². The van der Waals surface area contributed by atoms with Crippen molar-refractivity contribution < 1.29 is 19.2 Å². The molecule has 2 rings (SSSR count). The van der Waals surface area contributed by atoms with Crippen molar-refractivity contribution in [2.24, 2.45) is 0 Å². The Morgan fingerprint density at radius 3 is 2.21 bits per heavy atom. The lowest BCUT2D eigenvalue weighted by molar-refractivity contribution is -0.145. The molecule has 0 atom stereocenters. The molecular formula is C17H21N3O4. The van der Waals surface area contributed by atoms with E-state index in [0.717, 1.165) is 15.4 Å². The van der Waals surface area contributed by atoms with E-state index in [1.807, 2.05) is 37.3 Å². The van der Waals surface area contributed by atoms with E-state index in [2.05, 4.69) is 0 Å². The maximum absolute atomic E-state index is 12.5. The first kappa shape index (κ1) is 17.7. The van der Waals surface area contributed by atoms with Gasteiger partial charge in [0.15, 0.2) is 0 Å². The van der Waals surface area contributed by atoms with Crippen LogP contribution in [0, 0.1) is 0 Å². The summed E-state index contributed by atoms with van der Waals surface area (Å²) >= 11 is 0. The van der Waals surface area contributed by atoms with Gasteiger partial charge in [0.1, 0.15) is 6.54 Å². The van der Waals surface area contributed by atoms with Crippen LogP contribution in [0.4, 0.5) is 4.79 Å². The van der Waals surface area contributed by atoms with E-state index in [1.165, 1.54) is 0 Å². The fourth-order valence-corrected chi connectivity index (χ4v) is 2.53. The summed E-state index contributed by atoms with van der Waals surface area (Å²) in [6.07, 6.45) is 0. The molecule has 0 saturated carbocycles. The van der Waals surface area contributed by atoms with Gasteiger partial charge in [0, 0.05) is 19.1 Å². The van der Waals surface area contributed by atoms with E-state index >= 15 is 0 Å². The first-order valence-electron chi connectivity index (χ1n) is 7.87. The quantitative estimate of drug-likeness (QED) is 0.580. The zero-order valence-electron chi connectivity index (χ0n) is 14.1. The predicted octanol–water partition coefficient (Wildman–Crippen LogP) is 1.23. The molecule has 1 heterocycles. The van der Waals surface area contributed by atoms with Crippen LogP contribution in [0.1, 0.15) is 26.3 Å². The standard InChI is InChI=1S/C17H21N3O4/c1-4-18(10-13-8-6-5-7-9-13)14(21)11-19-15(22)16(23)20(12(2)3)17(19)24/h5-9,12H,4,10-11H2,1-3H3. The Balaban J connectivity index is 2.08. The van der Waals surface area contributed by atoms with Crippen LogP contribution in [0.5, 0.6) is 0 Å². The van der Waals surface area contributed by atoms with Gasteiger partial charge in [-0.05, 0) is 26.3 Å². The minimum atomic E-state index is -0.946. The third-order valence-electron chi connectivity index (χ3n) is 3.84. The van der Waals surface area contributed by atoms with Crippen molar-refractivity contribution in [2.45, 2.75) is 33.4 Å². The van der Waals surface area contributed by atoms with Crippen LogP contribution in [0.3, 0.4) is 0 Å². The van der Waals surface area contributed by atoms with Gasteiger partial charge in [0.05, 0.1) is 0 Å². The highest BCUT2D eigenvalue weighted by Crippen LogP contribution is 2.16. The van der Waals surface area contributed by atoms with E-state index in [1.54, 1.807) is 18.7 Å². The second kappa shape index (κ2) is 7.25. The second-order valence-corrected chi connectivity index (χ2v) is 5.84. The van der Waals surface area contributed by atoms with Crippen LogP contribution in [-0.4, -0.2) is 57.6 Å². The Bertz CT molecular complexity index is 657. The maximum Gasteiger partial charge on any atom is 0.334 e. The van der Waals surface area contributed by atoms with Crippen molar-refractivity contribution in [1.29, 1.82) is 0 Å². The summed E-state index contributed by atoms with van der Waals surface area (Å²) in [5.41, 5.74) is 0.951. The number of carbonyl (C=O) groups excluding carboxylic acids is 4. The van der Waals surface area contributed by atoms with Crippen molar-refractivity contribution >= 4 is 23.8 Å². The third kappa shape index (κ3) is 3.45. The summed E-state index contributed by atoms with van der Waals surface area (Å²) in [5, 5.41) is 0. The molecule has 7 heteroatoms. The summed E-state index contributed by atoms with van der Waals surface area (Å²) in [4.78, 5) is 51.7. The topological polar surface area (TPSA) is 78.0 Å². The van der Waals surface area contributed by atoms with Crippen molar-refractivity contribution in [2.75, 3.05) is 13.1 Å². The van der Waals surface area contributed by atoms with Gasteiger partial charge in [-0.25, -0.2) is 9.69 Å². The lowest BCUT2D eigenvalue weighted by Crippen LogP contribution is -2.44. The fourth-order valence-electron chi connectivity index (χ4n) is 2.53. The lowest BCUT2D eigenvalue weighted by Gasteiger charge is -2.23. The minimum Gasteiger partial charge on any atom is -0.337 e. The maximum atomic E-state index is 12.5. The first-order chi connectivity index (χ1) is 11.4. The molecule has 5 amide bonds. The van der Waals surface area contributed by atoms with Gasteiger partial charge in [0.2, 0.25) is 5.91 Å². The molecule has 1 fully saturated rings. The van der Waals surface area contributed by atoms with Gasteiger partial charge in [-0.2, -0.15) is 0 Å². The Morgan fingerprint density at radius 2 is 1.71 bits per heavy atom. The number of hydrogen-bond donors (Lipinski definition) is 0. The number of likely N-dealkylation sites (N-methyl/N-ethyl adjacent to an activating group) is 1. The van der Waals surface area contributed by atoms with Gasteiger partial charge in [-0.3, -0.25) is 19.3 Å². The average Bonchev–Trinajstić information content (AvgIpc) is 2.77. The molecule has 0 spiro atoms. The van der Waals surface area contributed by atoms with Gasteiger partial charge in [0.25, 0.3) is 0 Å². The van der Waals surface area contributed by atoms with Crippen LogP contribution in [0.15, 0.2) is 30.3 Å². The predicted molar refractivity (Wildman–Crippen MR) is 86.6 cm³/mol. The molecule has 0 aromatic heterocycles. The molecule has 0 radical (unpaired) electrons. The molecular weight excluding hydrogens is 310 g/mol. The number of imide groups is 2. The van der Waals surface area contributed by atoms with E-state index in [0.29, 0.717) is 13.1 Å². The average molecular weight is 331 g/mol. The highest BCUT2D eigenvalue weighted by molar-refractivity contribution is 6.45. The molecule has 1 aliphatic heterocycles. The molecule has 0 unspecified atom stereocenters. The SMILES string of the molecule is CCN(Cc1ccccc1)C(=O)CN1C(=O)C(=O)N(C(C)C)C1=O. The molecule has 0 N–H and O–H groups in total. The number of urea groups is 1. The summed E-state index contributed by atoms with van der Waals surface area (Å²) in [6.45, 7) is 5.50. The number of nitrogens with zero attached hydrogens (tertiary/aromatic N) is 3. The second-order valence-electron chi connectivity index (χ2n) is 5.84. The molecule has 128 valence electrons. The van der Waals surface area contributed by atoms with Crippen LogP contribution in [0.25, 0.3) is 0 Å². The minimum absolute atomic E-state index is 0.374. The van der Waals surface area contributed by atoms with Crippen LogP contribution >= 0.6 is 0 Å². The largest absolute Gasteiger partial charge is 0.337 e. The third-order valence-corrected chi connectivity index (χ3v) is 3.84. The molecule has 1 aliphatic rings. The molecule has 1 saturated heterocycles. The molecule has 0 bridgehead atoms. The highest BCUT2D eigenvalue weighted by atomic mass is 16.2. The number of hydrogen-bond acceptors (Lipinski definition) is 4. The molecule has 1 aromatic carbocycles. The number of carbonyl (C=O) groups is 4. The number of benzene rings is 1. The summed E-state index contributed by atoms with van der Waals surface area (Å²) in [6, 6.07) is 8.26. The fraction of sp³-hybridized carbons (Fsp3) is 0.412. The Morgan fingerprint density at radius 1 is 1.08 bits per heavy atom. The molecule has 0 aliphatic carbocycles. The van der Waals surface area contributed by atoms with Crippen LogP contribution < -0.4 is 0 Å². The lowest BCUT2D eigenvalue weighted by atomic mass is 10.2. The van der Waals surface area contributed by atoms with Crippen LogP contribution in [-0.2, 0) is 20.9 Å². The Kier molecular flexibility index (Phi) is 5.33. The van der Waals surface area contributed by atoms with Crippen molar-refractivity contribution in [3.8, 4) is 0 Å². The van der Waals surface area contributed by atoms with Gasteiger partial charge < -0.3 is 4.90 Å². The van der Waals surface area contributed by atoms with E-state index in [-0.39, 0.29) is 5.91 Å². The normalized spacial score (nSPS) is 14.8. The monoisotopic (exact) mass is 331 g/mol.